The first-order valence-corrected chi connectivity index (χ1v) is 8.97. The Kier molecular flexibility index (Phi) is 5.01. The monoisotopic (exact) mass is 382 g/mol. The van der Waals surface area contributed by atoms with Crippen LogP contribution in [0.25, 0.3) is 0 Å². The van der Waals surface area contributed by atoms with Gasteiger partial charge >= 0.3 is 0 Å². The summed E-state index contributed by atoms with van der Waals surface area (Å²) in [5.41, 5.74) is 2.21. The summed E-state index contributed by atoms with van der Waals surface area (Å²) in [5.74, 6) is 0.0838. The smallest absolute Gasteiger partial charge is 0.230 e. The molecule has 2 aromatic carbocycles. The van der Waals surface area contributed by atoms with E-state index < -0.39 is 5.41 Å². The van der Waals surface area contributed by atoms with Crippen LogP contribution in [0.15, 0.2) is 53.0 Å². The third-order valence-corrected chi connectivity index (χ3v) is 5.27. The van der Waals surface area contributed by atoms with Crippen LogP contribution in [0.1, 0.15) is 42.4 Å². The van der Waals surface area contributed by atoms with Crippen molar-refractivity contribution in [1.82, 2.24) is 5.32 Å². The minimum Gasteiger partial charge on any atom is -0.351 e. The highest BCUT2D eigenvalue weighted by Crippen LogP contribution is 2.42. The van der Waals surface area contributed by atoms with Crippen molar-refractivity contribution in [2.45, 2.75) is 37.6 Å². The molecule has 3 nitrogen and oxygen atoms in total. The maximum absolute atomic E-state index is 13.0. The SMILES string of the molecule is N#Cc1cccc(CNC(=O)C2(c3cccc(Br)c3)CCCC2)c1. The first-order chi connectivity index (χ1) is 11.6. The molecule has 0 unspecified atom stereocenters. The lowest BCUT2D eigenvalue weighted by Crippen LogP contribution is -2.42. The fraction of sp³-hybridized carbons (Fsp3) is 0.300. The summed E-state index contributed by atoms with van der Waals surface area (Å²) in [4.78, 5) is 13.0. The van der Waals surface area contributed by atoms with Crippen LogP contribution in [0.2, 0.25) is 0 Å². The fourth-order valence-corrected chi connectivity index (χ4v) is 3.91. The third-order valence-electron chi connectivity index (χ3n) is 4.78. The Morgan fingerprint density at radius 3 is 2.62 bits per heavy atom. The Hall–Kier alpha value is -2.12. The molecule has 0 aromatic heterocycles. The third kappa shape index (κ3) is 3.37. The molecule has 0 radical (unpaired) electrons. The number of nitrogens with zero attached hydrogens (tertiary/aromatic N) is 1. The van der Waals surface area contributed by atoms with E-state index in [0.717, 1.165) is 41.3 Å². The summed E-state index contributed by atoms with van der Waals surface area (Å²) >= 11 is 3.51. The predicted octanol–water partition coefficient (Wildman–Crippen LogP) is 4.45. The van der Waals surface area contributed by atoms with E-state index in [1.807, 2.05) is 36.4 Å². The van der Waals surface area contributed by atoms with Crippen molar-refractivity contribution in [2.75, 3.05) is 0 Å². The summed E-state index contributed by atoms with van der Waals surface area (Å²) < 4.78 is 1.00. The highest BCUT2D eigenvalue weighted by molar-refractivity contribution is 9.10. The number of benzene rings is 2. The van der Waals surface area contributed by atoms with E-state index in [0.29, 0.717) is 12.1 Å². The van der Waals surface area contributed by atoms with Gasteiger partial charge in [-0.15, -0.1) is 0 Å². The van der Waals surface area contributed by atoms with E-state index in [2.05, 4.69) is 33.4 Å². The summed E-state index contributed by atoms with van der Waals surface area (Å²) in [6, 6.07) is 17.6. The van der Waals surface area contributed by atoms with Gasteiger partial charge < -0.3 is 5.32 Å². The molecule has 0 atom stereocenters. The average molecular weight is 383 g/mol. The van der Waals surface area contributed by atoms with Gasteiger partial charge in [-0.05, 0) is 48.2 Å². The minimum absolute atomic E-state index is 0.0838. The van der Waals surface area contributed by atoms with Crippen LogP contribution in [-0.2, 0) is 16.8 Å². The Bertz CT molecular complexity index is 788. The van der Waals surface area contributed by atoms with Crippen molar-refractivity contribution in [3.63, 3.8) is 0 Å². The number of hydrogen-bond donors (Lipinski definition) is 1. The first kappa shape index (κ1) is 16.7. The van der Waals surface area contributed by atoms with Gasteiger partial charge in [-0.3, -0.25) is 4.79 Å². The van der Waals surface area contributed by atoms with Gasteiger partial charge in [0.05, 0.1) is 17.0 Å². The van der Waals surface area contributed by atoms with Crippen molar-refractivity contribution in [3.05, 3.63) is 69.7 Å². The van der Waals surface area contributed by atoms with Crippen molar-refractivity contribution < 1.29 is 4.79 Å². The molecule has 1 amide bonds. The molecule has 2 aromatic rings. The molecule has 4 heteroatoms. The molecule has 1 aliphatic carbocycles. The van der Waals surface area contributed by atoms with E-state index in [-0.39, 0.29) is 5.91 Å². The van der Waals surface area contributed by atoms with Gasteiger partial charge in [-0.2, -0.15) is 5.26 Å². The normalized spacial score (nSPS) is 15.7. The average Bonchev–Trinajstić information content (AvgIpc) is 3.11. The highest BCUT2D eigenvalue weighted by Gasteiger charge is 2.42. The highest BCUT2D eigenvalue weighted by atomic mass is 79.9. The molecule has 24 heavy (non-hydrogen) atoms. The maximum Gasteiger partial charge on any atom is 0.230 e. The first-order valence-electron chi connectivity index (χ1n) is 8.17. The number of nitriles is 1. The molecule has 0 aliphatic heterocycles. The molecular formula is C20H19BrN2O. The molecule has 1 N–H and O–H groups in total. The van der Waals surface area contributed by atoms with Crippen molar-refractivity contribution in [3.8, 4) is 6.07 Å². The Morgan fingerprint density at radius 1 is 1.17 bits per heavy atom. The van der Waals surface area contributed by atoms with Crippen molar-refractivity contribution >= 4 is 21.8 Å². The quantitative estimate of drug-likeness (QED) is 0.848. The molecule has 0 saturated heterocycles. The Morgan fingerprint density at radius 2 is 1.92 bits per heavy atom. The van der Waals surface area contributed by atoms with Crippen LogP contribution in [0.3, 0.4) is 0 Å². The fourth-order valence-electron chi connectivity index (χ4n) is 3.51. The summed E-state index contributed by atoms with van der Waals surface area (Å²) in [7, 11) is 0. The lowest BCUT2D eigenvalue weighted by atomic mass is 9.78. The van der Waals surface area contributed by atoms with Gasteiger partial charge in [0.15, 0.2) is 0 Å². The van der Waals surface area contributed by atoms with E-state index in [9.17, 15) is 4.79 Å². The van der Waals surface area contributed by atoms with Crippen LogP contribution in [0.5, 0.6) is 0 Å². The molecule has 3 rings (SSSR count). The standard InChI is InChI=1S/C20H19BrN2O/c21-18-8-4-7-17(12-18)20(9-1-2-10-20)19(24)23-14-16-6-3-5-15(11-16)13-22/h3-8,11-12H,1-2,9-10,14H2,(H,23,24). The van der Waals surface area contributed by atoms with Crippen molar-refractivity contribution in [2.24, 2.45) is 0 Å². The predicted molar refractivity (Wildman–Crippen MR) is 97.3 cm³/mol. The second-order valence-electron chi connectivity index (χ2n) is 6.29. The van der Waals surface area contributed by atoms with Crippen LogP contribution >= 0.6 is 15.9 Å². The number of rotatable bonds is 4. The number of carbonyl (C=O) groups excluding carboxylic acids is 1. The lowest BCUT2D eigenvalue weighted by Gasteiger charge is -2.28. The van der Waals surface area contributed by atoms with E-state index >= 15 is 0 Å². The second-order valence-corrected chi connectivity index (χ2v) is 7.21. The zero-order chi connectivity index (χ0) is 17.0. The number of halogens is 1. The molecule has 122 valence electrons. The van der Waals surface area contributed by atoms with Gasteiger partial charge in [0.2, 0.25) is 5.91 Å². The molecule has 0 spiro atoms. The summed E-state index contributed by atoms with van der Waals surface area (Å²) in [5, 5.41) is 12.1. The van der Waals surface area contributed by atoms with Crippen LogP contribution < -0.4 is 5.32 Å². The van der Waals surface area contributed by atoms with Crippen LogP contribution in [0.4, 0.5) is 0 Å². The molecule has 1 aliphatic rings. The Labute approximate surface area is 150 Å². The van der Waals surface area contributed by atoms with Gasteiger partial charge in [-0.25, -0.2) is 0 Å². The van der Waals surface area contributed by atoms with E-state index in [1.165, 1.54) is 0 Å². The second kappa shape index (κ2) is 7.19. The molecule has 1 fully saturated rings. The van der Waals surface area contributed by atoms with Crippen LogP contribution in [0, 0.1) is 11.3 Å². The molecule has 0 heterocycles. The zero-order valence-electron chi connectivity index (χ0n) is 13.4. The number of carbonyl (C=O) groups is 1. The topological polar surface area (TPSA) is 52.9 Å². The zero-order valence-corrected chi connectivity index (χ0v) is 15.0. The van der Waals surface area contributed by atoms with Gasteiger partial charge in [0.25, 0.3) is 0 Å². The maximum atomic E-state index is 13.0. The van der Waals surface area contributed by atoms with Gasteiger partial charge in [0, 0.05) is 11.0 Å². The van der Waals surface area contributed by atoms with Crippen LogP contribution in [-0.4, -0.2) is 5.91 Å². The molecule has 1 saturated carbocycles. The minimum atomic E-state index is -0.434. The number of nitrogens with one attached hydrogen (secondary N) is 1. The Balaban J connectivity index is 1.79. The number of amides is 1. The summed E-state index contributed by atoms with van der Waals surface area (Å²) in [6.07, 6.45) is 3.91. The number of hydrogen-bond acceptors (Lipinski definition) is 2. The summed E-state index contributed by atoms with van der Waals surface area (Å²) in [6.45, 7) is 0.449. The van der Waals surface area contributed by atoms with E-state index in [4.69, 9.17) is 5.26 Å². The van der Waals surface area contributed by atoms with Crippen molar-refractivity contribution in [1.29, 1.82) is 5.26 Å². The largest absolute Gasteiger partial charge is 0.351 e. The molecule has 0 bridgehead atoms. The molecular weight excluding hydrogens is 364 g/mol. The van der Waals surface area contributed by atoms with Gasteiger partial charge in [-0.1, -0.05) is 53.0 Å². The van der Waals surface area contributed by atoms with Gasteiger partial charge in [0.1, 0.15) is 0 Å². The lowest BCUT2D eigenvalue weighted by molar-refractivity contribution is -0.126. The van der Waals surface area contributed by atoms with E-state index in [1.54, 1.807) is 6.07 Å².